The van der Waals surface area contributed by atoms with E-state index in [0.717, 1.165) is 15.8 Å². The summed E-state index contributed by atoms with van der Waals surface area (Å²) in [5.74, 6) is 0.110. The molecule has 7 heteroatoms. The summed E-state index contributed by atoms with van der Waals surface area (Å²) in [5, 5.41) is 9.30. The molecule has 0 saturated heterocycles. The van der Waals surface area contributed by atoms with Gasteiger partial charge in [0.2, 0.25) is 5.88 Å². The van der Waals surface area contributed by atoms with Crippen LogP contribution in [0.2, 0.25) is 0 Å². The van der Waals surface area contributed by atoms with Gasteiger partial charge < -0.3 is 14.1 Å². The Morgan fingerprint density at radius 1 is 1.29 bits per heavy atom. The zero-order valence-electron chi connectivity index (χ0n) is 13.6. The maximum absolute atomic E-state index is 12.1. The lowest BCUT2D eigenvalue weighted by atomic mass is 10.2. The van der Waals surface area contributed by atoms with Crippen LogP contribution in [0.15, 0.2) is 51.2 Å². The minimum absolute atomic E-state index is 0.322. The van der Waals surface area contributed by atoms with Crippen LogP contribution in [0.3, 0.4) is 0 Å². The first-order valence-electron chi connectivity index (χ1n) is 7.46. The Balaban J connectivity index is 2.09. The van der Waals surface area contributed by atoms with Crippen LogP contribution in [0.1, 0.15) is 16.6 Å². The molecule has 0 spiro atoms. The van der Waals surface area contributed by atoms with Crippen molar-refractivity contribution in [3.05, 3.63) is 41.5 Å². The van der Waals surface area contributed by atoms with Crippen LogP contribution < -0.4 is 4.90 Å². The predicted octanol–water partition coefficient (Wildman–Crippen LogP) is 5.15. The van der Waals surface area contributed by atoms with Gasteiger partial charge in [-0.3, -0.25) is 0 Å². The summed E-state index contributed by atoms with van der Waals surface area (Å²) in [4.78, 5) is 14.6. The summed E-state index contributed by atoms with van der Waals surface area (Å²) in [6.45, 7) is 2.14. The fraction of sp³-hybridized carbons (Fsp3) is 0.235. The third kappa shape index (κ3) is 3.16. The predicted molar refractivity (Wildman–Crippen MR) is 95.0 cm³/mol. The van der Waals surface area contributed by atoms with E-state index in [9.17, 15) is 4.79 Å². The Morgan fingerprint density at radius 3 is 2.79 bits per heavy atom. The number of hydrogen-bond donors (Lipinski definition) is 0. The van der Waals surface area contributed by atoms with E-state index in [-0.39, 0.29) is 5.97 Å². The Kier molecular flexibility index (Phi) is 4.61. The molecular weight excluding hydrogens is 326 g/mol. The van der Waals surface area contributed by atoms with Crippen molar-refractivity contribution in [1.29, 1.82) is 0 Å². The van der Waals surface area contributed by atoms with Gasteiger partial charge in [-0.2, -0.15) is 0 Å². The summed E-state index contributed by atoms with van der Waals surface area (Å²) < 4.78 is 11.2. The fourth-order valence-electron chi connectivity index (χ4n) is 2.30. The molecule has 0 aliphatic heterocycles. The van der Waals surface area contributed by atoms with E-state index in [1.165, 1.54) is 11.3 Å². The number of benzene rings is 1. The van der Waals surface area contributed by atoms with Crippen LogP contribution >= 0.6 is 11.3 Å². The quantitative estimate of drug-likeness (QED) is 0.474. The number of thiophene rings is 1. The molecule has 24 heavy (non-hydrogen) atoms. The molecule has 3 aromatic rings. The first kappa shape index (κ1) is 16.2. The number of azo groups is 1. The molecule has 0 aliphatic rings. The van der Waals surface area contributed by atoms with Gasteiger partial charge in [-0.25, -0.2) is 4.79 Å². The van der Waals surface area contributed by atoms with E-state index in [2.05, 4.69) is 10.2 Å². The second-order valence-electron chi connectivity index (χ2n) is 5.22. The van der Waals surface area contributed by atoms with Crippen LogP contribution in [0.25, 0.3) is 10.1 Å². The number of anilines is 1. The molecule has 2 aromatic heterocycles. The highest BCUT2D eigenvalue weighted by Crippen LogP contribution is 2.40. The molecule has 0 aliphatic carbocycles. The summed E-state index contributed by atoms with van der Waals surface area (Å²) in [6.07, 6.45) is 1.54. The Labute approximate surface area is 143 Å². The van der Waals surface area contributed by atoms with Gasteiger partial charge >= 0.3 is 5.97 Å². The van der Waals surface area contributed by atoms with E-state index in [1.807, 2.05) is 37.2 Å². The molecule has 0 N–H and O–H groups in total. The third-order valence-electron chi connectivity index (χ3n) is 3.36. The average molecular weight is 343 g/mol. The van der Waals surface area contributed by atoms with E-state index >= 15 is 0 Å². The van der Waals surface area contributed by atoms with Gasteiger partial charge in [0.25, 0.3) is 0 Å². The maximum atomic E-state index is 12.1. The number of carbonyl (C=O) groups is 1. The van der Waals surface area contributed by atoms with Crippen molar-refractivity contribution >= 4 is 44.7 Å². The molecule has 0 saturated carbocycles. The van der Waals surface area contributed by atoms with Gasteiger partial charge in [0.1, 0.15) is 10.6 Å². The van der Waals surface area contributed by atoms with Gasteiger partial charge in [-0.05, 0) is 31.2 Å². The minimum atomic E-state index is -0.322. The minimum Gasteiger partial charge on any atom is -0.462 e. The monoisotopic (exact) mass is 343 g/mol. The molecule has 0 atom stereocenters. The van der Waals surface area contributed by atoms with Crippen molar-refractivity contribution in [2.24, 2.45) is 10.2 Å². The zero-order chi connectivity index (χ0) is 17.1. The number of fused-ring (bicyclic) bond motifs is 1. The van der Waals surface area contributed by atoms with Gasteiger partial charge in [0.05, 0.1) is 17.6 Å². The Hall–Kier alpha value is -2.67. The molecule has 0 amide bonds. The van der Waals surface area contributed by atoms with E-state index in [1.54, 1.807) is 25.3 Å². The highest BCUT2D eigenvalue weighted by atomic mass is 32.1. The zero-order valence-corrected chi connectivity index (χ0v) is 14.5. The maximum Gasteiger partial charge on any atom is 0.348 e. The molecule has 0 unspecified atom stereocenters. The molecule has 1 aromatic carbocycles. The lowest BCUT2D eigenvalue weighted by Crippen LogP contribution is -2.08. The lowest BCUT2D eigenvalue weighted by Gasteiger charge is -2.14. The van der Waals surface area contributed by atoms with Crippen molar-refractivity contribution in [2.75, 3.05) is 25.6 Å². The Bertz CT molecular complexity index is 882. The first-order chi connectivity index (χ1) is 11.6. The van der Waals surface area contributed by atoms with E-state index in [4.69, 9.17) is 9.15 Å². The number of hydrogen-bond acceptors (Lipinski definition) is 7. The largest absolute Gasteiger partial charge is 0.462 e. The van der Waals surface area contributed by atoms with Crippen molar-refractivity contribution in [1.82, 2.24) is 0 Å². The van der Waals surface area contributed by atoms with Crippen LogP contribution in [0.4, 0.5) is 17.3 Å². The standard InChI is InChI=1S/C17H17N3O3S/c1-4-22-17(21)14-10-11-13(20(2)3)8-7-12(16(11)24-14)18-19-15-6-5-9-23-15/h5-10H,4H2,1-3H3. The topological polar surface area (TPSA) is 67.4 Å². The normalized spacial score (nSPS) is 11.3. The number of nitrogens with zero attached hydrogens (tertiary/aromatic N) is 3. The van der Waals surface area contributed by atoms with Crippen molar-refractivity contribution < 1.29 is 13.9 Å². The van der Waals surface area contributed by atoms with E-state index < -0.39 is 0 Å². The number of esters is 1. The summed E-state index contributed by atoms with van der Waals surface area (Å²) in [6, 6.07) is 9.17. The third-order valence-corrected chi connectivity index (χ3v) is 4.50. The first-order valence-corrected chi connectivity index (χ1v) is 8.28. The second-order valence-corrected chi connectivity index (χ2v) is 6.28. The van der Waals surface area contributed by atoms with Crippen LogP contribution in [0, 0.1) is 0 Å². The number of furan rings is 1. The summed E-state index contributed by atoms with van der Waals surface area (Å²) in [5.41, 5.74) is 1.70. The van der Waals surface area contributed by atoms with Gasteiger partial charge in [-0.15, -0.1) is 21.6 Å². The highest BCUT2D eigenvalue weighted by molar-refractivity contribution is 7.21. The molecule has 3 rings (SSSR count). The van der Waals surface area contributed by atoms with Crippen molar-refractivity contribution in [3.8, 4) is 0 Å². The summed E-state index contributed by atoms with van der Waals surface area (Å²) in [7, 11) is 3.92. The molecule has 124 valence electrons. The van der Waals surface area contributed by atoms with Gasteiger partial charge in [-0.1, -0.05) is 0 Å². The molecule has 0 fully saturated rings. The lowest BCUT2D eigenvalue weighted by molar-refractivity contribution is 0.0532. The van der Waals surface area contributed by atoms with Crippen molar-refractivity contribution in [2.45, 2.75) is 6.92 Å². The fourth-order valence-corrected chi connectivity index (χ4v) is 3.32. The van der Waals surface area contributed by atoms with Crippen molar-refractivity contribution in [3.63, 3.8) is 0 Å². The molecule has 2 heterocycles. The molecule has 0 bridgehead atoms. The van der Waals surface area contributed by atoms with Crippen LogP contribution in [-0.4, -0.2) is 26.7 Å². The molecule has 0 radical (unpaired) electrons. The smallest absolute Gasteiger partial charge is 0.348 e. The van der Waals surface area contributed by atoms with Crippen LogP contribution in [-0.2, 0) is 4.74 Å². The Morgan fingerprint density at radius 2 is 2.12 bits per heavy atom. The SMILES string of the molecule is CCOC(=O)c1cc2c(N(C)C)ccc(N=Nc3ccco3)c2s1. The van der Waals surface area contributed by atoms with Crippen LogP contribution in [0.5, 0.6) is 0 Å². The average Bonchev–Trinajstić information content (AvgIpc) is 3.22. The van der Waals surface area contributed by atoms with Gasteiger partial charge in [0.15, 0.2) is 0 Å². The van der Waals surface area contributed by atoms with Gasteiger partial charge in [0, 0.05) is 31.2 Å². The second kappa shape index (κ2) is 6.84. The molecule has 6 nitrogen and oxygen atoms in total. The summed E-state index contributed by atoms with van der Waals surface area (Å²) >= 11 is 1.36. The molecular formula is C17H17N3O3S. The number of ether oxygens (including phenoxy) is 1. The highest BCUT2D eigenvalue weighted by Gasteiger charge is 2.16. The van der Waals surface area contributed by atoms with E-state index in [0.29, 0.717) is 23.1 Å². The number of carbonyl (C=O) groups excluding carboxylic acids is 1. The number of rotatable bonds is 5.